The molecule has 0 aromatic carbocycles. The first-order valence-electron chi connectivity index (χ1n) is 3.84. The third-order valence-electron chi connectivity index (χ3n) is 1.75. The van der Waals surface area contributed by atoms with Gasteiger partial charge in [0.05, 0.1) is 0 Å². The zero-order valence-electron chi connectivity index (χ0n) is 6.78. The van der Waals surface area contributed by atoms with Crippen LogP contribution in [0.5, 0.6) is 0 Å². The summed E-state index contributed by atoms with van der Waals surface area (Å²) in [6.45, 7) is 9.12. The highest BCUT2D eigenvalue weighted by atomic mass is 14.9. The molecule has 0 heterocycles. The van der Waals surface area contributed by atoms with Crippen LogP contribution in [-0.4, -0.2) is 6.54 Å². The summed E-state index contributed by atoms with van der Waals surface area (Å²) in [5.41, 5.74) is 2.66. The van der Waals surface area contributed by atoms with Gasteiger partial charge < -0.3 is 5.32 Å². The molecule has 1 aliphatic carbocycles. The van der Waals surface area contributed by atoms with E-state index in [0.717, 1.165) is 6.54 Å². The first kappa shape index (κ1) is 7.39. The van der Waals surface area contributed by atoms with Crippen LogP contribution in [0.1, 0.15) is 20.3 Å². The molecule has 0 bridgehead atoms. The van der Waals surface area contributed by atoms with Gasteiger partial charge in [-0.25, -0.2) is 0 Å². The van der Waals surface area contributed by atoms with E-state index in [4.69, 9.17) is 0 Å². The first-order valence-corrected chi connectivity index (χ1v) is 3.84. The van der Waals surface area contributed by atoms with Crippen LogP contribution < -0.4 is 5.32 Å². The molecule has 0 saturated heterocycles. The predicted octanol–water partition coefficient (Wildman–Crippen LogP) is 2.08. The Labute approximate surface area is 62.8 Å². The summed E-state index contributed by atoms with van der Waals surface area (Å²) in [4.78, 5) is 0. The molecule has 1 heteroatoms. The van der Waals surface area contributed by atoms with E-state index >= 15 is 0 Å². The second-order valence-corrected chi connectivity index (χ2v) is 2.85. The van der Waals surface area contributed by atoms with Crippen LogP contribution in [0.25, 0.3) is 0 Å². The van der Waals surface area contributed by atoms with Gasteiger partial charge in [0.15, 0.2) is 0 Å². The van der Waals surface area contributed by atoms with Gasteiger partial charge in [0.25, 0.3) is 0 Å². The Bertz CT molecular complexity index is 168. The highest BCUT2D eigenvalue weighted by molar-refractivity contribution is 5.27. The van der Waals surface area contributed by atoms with Crippen LogP contribution >= 0.6 is 0 Å². The Morgan fingerprint density at radius 3 is 2.90 bits per heavy atom. The molecule has 1 rings (SSSR count). The smallest absolute Gasteiger partial charge is 0.0115 e. The van der Waals surface area contributed by atoms with Crippen molar-refractivity contribution in [1.29, 1.82) is 0 Å². The summed E-state index contributed by atoms with van der Waals surface area (Å²) in [5.74, 6) is 0.680. The lowest BCUT2D eigenvalue weighted by Gasteiger charge is -2.00. The lowest BCUT2D eigenvalue weighted by molar-refractivity contribution is 0.841. The van der Waals surface area contributed by atoms with Gasteiger partial charge in [-0.2, -0.15) is 0 Å². The lowest BCUT2D eigenvalue weighted by Crippen LogP contribution is -2.09. The van der Waals surface area contributed by atoms with E-state index in [1.54, 1.807) is 0 Å². The fourth-order valence-electron chi connectivity index (χ4n) is 1.04. The highest BCUT2D eigenvalue weighted by Gasteiger charge is 2.24. The molecule has 56 valence electrons. The van der Waals surface area contributed by atoms with Crippen LogP contribution in [0, 0.1) is 5.92 Å². The molecule has 0 amide bonds. The van der Waals surface area contributed by atoms with E-state index in [2.05, 4.69) is 31.8 Å². The Kier molecular flexibility index (Phi) is 2.15. The van der Waals surface area contributed by atoms with E-state index in [-0.39, 0.29) is 0 Å². The van der Waals surface area contributed by atoms with Crippen molar-refractivity contribution in [3.8, 4) is 0 Å². The molecule has 0 aliphatic heterocycles. The fourth-order valence-corrected chi connectivity index (χ4v) is 1.04. The number of hydrogen-bond acceptors (Lipinski definition) is 1. The van der Waals surface area contributed by atoms with Crippen molar-refractivity contribution in [3.63, 3.8) is 0 Å². The largest absolute Gasteiger partial charge is 0.389 e. The van der Waals surface area contributed by atoms with Crippen LogP contribution in [0.15, 0.2) is 23.9 Å². The summed E-state index contributed by atoms with van der Waals surface area (Å²) in [7, 11) is 0. The predicted molar refractivity (Wildman–Crippen MR) is 44.7 cm³/mol. The zero-order valence-corrected chi connectivity index (χ0v) is 6.78. The average Bonchev–Trinajstić information content (AvgIpc) is 2.47. The number of nitrogens with one attached hydrogen (secondary N) is 1. The maximum Gasteiger partial charge on any atom is 0.0115 e. The topological polar surface area (TPSA) is 12.0 Å². The molecule has 10 heavy (non-hydrogen) atoms. The van der Waals surface area contributed by atoms with Gasteiger partial charge in [0.2, 0.25) is 0 Å². The normalized spacial score (nSPS) is 24.8. The summed E-state index contributed by atoms with van der Waals surface area (Å²) < 4.78 is 0. The van der Waals surface area contributed by atoms with Gasteiger partial charge in [-0.15, -0.1) is 0 Å². The summed E-state index contributed by atoms with van der Waals surface area (Å²) in [5, 5.41) is 3.26. The molecule has 1 aliphatic rings. The van der Waals surface area contributed by atoms with Crippen molar-refractivity contribution in [1.82, 2.24) is 5.32 Å². The standard InChI is InChI=1S/C9H15N/c1-4-10-8(3)6-9-5-7(9)2/h6,9-10H,2,4-5H2,1,3H3/b8-6-. The second kappa shape index (κ2) is 2.91. The van der Waals surface area contributed by atoms with Crippen molar-refractivity contribution in [2.24, 2.45) is 5.92 Å². The quantitative estimate of drug-likeness (QED) is 0.587. The van der Waals surface area contributed by atoms with Crippen LogP contribution in [-0.2, 0) is 0 Å². The van der Waals surface area contributed by atoms with Crippen molar-refractivity contribution in [2.45, 2.75) is 20.3 Å². The van der Waals surface area contributed by atoms with Crippen molar-refractivity contribution >= 4 is 0 Å². The summed E-state index contributed by atoms with van der Waals surface area (Å²) in [6, 6.07) is 0. The number of hydrogen-bond donors (Lipinski definition) is 1. The third-order valence-corrected chi connectivity index (χ3v) is 1.75. The SMILES string of the molecule is C=C1CC1/C=C(/C)NCC. The van der Waals surface area contributed by atoms with Crippen molar-refractivity contribution in [2.75, 3.05) is 6.54 Å². The minimum absolute atomic E-state index is 0.680. The lowest BCUT2D eigenvalue weighted by atomic mass is 10.3. The summed E-state index contributed by atoms with van der Waals surface area (Å²) in [6.07, 6.45) is 3.45. The van der Waals surface area contributed by atoms with E-state index < -0.39 is 0 Å². The molecule has 1 N–H and O–H groups in total. The Morgan fingerprint density at radius 2 is 2.50 bits per heavy atom. The minimum atomic E-state index is 0.680. The molecule has 1 atom stereocenters. The van der Waals surface area contributed by atoms with Gasteiger partial charge in [-0.1, -0.05) is 18.2 Å². The monoisotopic (exact) mass is 137 g/mol. The van der Waals surface area contributed by atoms with Crippen LogP contribution in [0.4, 0.5) is 0 Å². The van der Waals surface area contributed by atoms with Gasteiger partial charge in [0.1, 0.15) is 0 Å². The van der Waals surface area contributed by atoms with Crippen molar-refractivity contribution < 1.29 is 0 Å². The Morgan fingerprint density at radius 1 is 1.90 bits per heavy atom. The summed E-state index contributed by atoms with van der Waals surface area (Å²) >= 11 is 0. The van der Waals surface area contributed by atoms with Gasteiger partial charge in [-0.05, 0) is 20.3 Å². The average molecular weight is 137 g/mol. The van der Waals surface area contributed by atoms with Crippen LogP contribution in [0.2, 0.25) is 0 Å². The highest BCUT2D eigenvalue weighted by Crippen LogP contribution is 2.37. The van der Waals surface area contributed by atoms with E-state index in [1.807, 2.05) is 0 Å². The zero-order chi connectivity index (χ0) is 7.56. The van der Waals surface area contributed by atoms with Gasteiger partial charge in [0, 0.05) is 18.2 Å². The molecule has 0 radical (unpaired) electrons. The fraction of sp³-hybridized carbons (Fsp3) is 0.556. The molecule has 0 aromatic heterocycles. The number of rotatable bonds is 3. The maximum atomic E-state index is 3.89. The van der Waals surface area contributed by atoms with Crippen molar-refractivity contribution in [3.05, 3.63) is 23.9 Å². The molecule has 0 aromatic rings. The minimum Gasteiger partial charge on any atom is -0.389 e. The molecular formula is C9H15N. The third kappa shape index (κ3) is 1.90. The van der Waals surface area contributed by atoms with Gasteiger partial charge in [-0.3, -0.25) is 0 Å². The number of allylic oxidation sites excluding steroid dienone is 3. The molecular weight excluding hydrogens is 122 g/mol. The Hall–Kier alpha value is -0.720. The molecule has 1 nitrogen and oxygen atoms in total. The molecule has 1 unspecified atom stereocenters. The first-order chi connectivity index (χ1) is 4.74. The molecule has 0 spiro atoms. The maximum absolute atomic E-state index is 3.89. The molecule has 1 fully saturated rings. The molecule has 1 saturated carbocycles. The van der Waals surface area contributed by atoms with E-state index in [1.165, 1.54) is 17.7 Å². The van der Waals surface area contributed by atoms with E-state index in [9.17, 15) is 0 Å². The van der Waals surface area contributed by atoms with Gasteiger partial charge >= 0.3 is 0 Å². The van der Waals surface area contributed by atoms with E-state index in [0.29, 0.717) is 5.92 Å². The Balaban J connectivity index is 2.31. The second-order valence-electron chi connectivity index (χ2n) is 2.85. The van der Waals surface area contributed by atoms with Crippen LogP contribution in [0.3, 0.4) is 0 Å².